The molecule has 1 saturated heterocycles. The van der Waals surface area contributed by atoms with Crippen LogP contribution in [0.25, 0.3) is 6.08 Å². The molecule has 1 N–H and O–H groups in total. The van der Waals surface area contributed by atoms with Gasteiger partial charge in [0.2, 0.25) is 0 Å². The number of piperidine rings is 1. The van der Waals surface area contributed by atoms with E-state index in [9.17, 15) is 0 Å². The van der Waals surface area contributed by atoms with Crippen LogP contribution in [0.3, 0.4) is 0 Å². The molecule has 0 bridgehead atoms. The van der Waals surface area contributed by atoms with E-state index >= 15 is 0 Å². The second-order valence-electron chi connectivity index (χ2n) is 5.27. The standard InChI is InChI=1S/C16H23N/c1-13(2)16-7-5-14(6-8-16)3-4-15-9-11-17-12-10-15/h3-8,13,15,17H,9-12H2,1-2H3/b4-3+. The fraction of sp³-hybridized carbons (Fsp3) is 0.500. The molecule has 0 aliphatic carbocycles. The van der Waals surface area contributed by atoms with Crippen LogP contribution in [0.15, 0.2) is 30.3 Å². The molecule has 1 aliphatic heterocycles. The highest BCUT2D eigenvalue weighted by atomic mass is 14.9. The second-order valence-corrected chi connectivity index (χ2v) is 5.27. The Bertz CT molecular complexity index is 356. The minimum Gasteiger partial charge on any atom is -0.317 e. The van der Waals surface area contributed by atoms with Crippen LogP contribution in [0.4, 0.5) is 0 Å². The molecule has 1 aromatic rings. The fourth-order valence-electron chi connectivity index (χ4n) is 2.28. The lowest BCUT2D eigenvalue weighted by atomic mass is 9.96. The summed E-state index contributed by atoms with van der Waals surface area (Å²) in [6, 6.07) is 8.94. The largest absolute Gasteiger partial charge is 0.317 e. The van der Waals surface area contributed by atoms with Gasteiger partial charge in [-0.1, -0.05) is 50.3 Å². The van der Waals surface area contributed by atoms with E-state index in [1.807, 2.05) is 0 Å². The first kappa shape index (κ1) is 12.4. The summed E-state index contributed by atoms with van der Waals surface area (Å²) in [6.07, 6.45) is 7.21. The Labute approximate surface area is 105 Å². The van der Waals surface area contributed by atoms with Crippen LogP contribution in [0.1, 0.15) is 43.7 Å². The molecule has 0 radical (unpaired) electrons. The van der Waals surface area contributed by atoms with Crippen LogP contribution in [0, 0.1) is 5.92 Å². The van der Waals surface area contributed by atoms with Crippen molar-refractivity contribution in [3.63, 3.8) is 0 Å². The van der Waals surface area contributed by atoms with Gasteiger partial charge in [-0.05, 0) is 48.9 Å². The summed E-state index contributed by atoms with van der Waals surface area (Å²) in [5.74, 6) is 1.39. The van der Waals surface area contributed by atoms with Crippen molar-refractivity contribution in [1.29, 1.82) is 0 Å². The normalized spacial score (nSPS) is 18.1. The first-order valence-corrected chi connectivity index (χ1v) is 6.74. The number of hydrogen-bond donors (Lipinski definition) is 1. The lowest BCUT2D eigenvalue weighted by Crippen LogP contribution is -2.26. The van der Waals surface area contributed by atoms with Gasteiger partial charge in [0.25, 0.3) is 0 Å². The van der Waals surface area contributed by atoms with Gasteiger partial charge in [0.15, 0.2) is 0 Å². The lowest BCUT2D eigenvalue weighted by molar-refractivity contribution is 0.438. The van der Waals surface area contributed by atoms with Crippen LogP contribution < -0.4 is 5.32 Å². The molecule has 17 heavy (non-hydrogen) atoms. The summed E-state index contributed by atoms with van der Waals surface area (Å²) in [5, 5.41) is 3.40. The van der Waals surface area contributed by atoms with Crippen molar-refractivity contribution in [2.45, 2.75) is 32.6 Å². The fourth-order valence-corrected chi connectivity index (χ4v) is 2.28. The predicted molar refractivity (Wildman–Crippen MR) is 75.2 cm³/mol. The Kier molecular flexibility index (Phi) is 4.38. The Morgan fingerprint density at radius 2 is 1.76 bits per heavy atom. The van der Waals surface area contributed by atoms with E-state index in [1.165, 1.54) is 37.1 Å². The minimum absolute atomic E-state index is 0.623. The van der Waals surface area contributed by atoms with Crippen LogP contribution in [0.5, 0.6) is 0 Å². The van der Waals surface area contributed by atoms with E-state index < -0.39 is 0 Å². The maximum atomic E-state index is 3.40. The smallest absolute Gasteiger partial charge is 0.00433 e. The first-order valence-electron chi connectivity index (χ1n) is 6.74. The molecule has 0 atom stereocenters. The number of allylic oxidation sites excluding steroid dienone is 1. The van der Waals surface area contributed by atoms with Crippen molar-refractivity contribution in [3.8, 4) is 0 Å². The number of benzene rings is 1. The molecule has 0 saturated carbocycles. The molecule has 1 aliphatic rings. The summed E-state index contributed by atoms with van der Waals surface area (Å²) in [7, 11) is 0. The van der Waals surface area contributed by atoms with Crippen LogP contribution in [-0.4, -0.2) is 13.1 Å². The molecular weight excluding hydrogens is 206 g/mol. The van der Waals surface area contributed by atoms with Gasteiger partial charge in [-0.25, -0.2) is 0 Å². The Hall–Kier alpha value is -1.08. The summed E-state index contributed by atoms with van der Waals surface area (Å²) < 4.78 is 0. The monoisotopic (exact) mass is 229 g/mol. The van der Waals surface area contributed by atoms with E-state index in [0.717, 1.165) is 5.92 Å². The molecule has 0 spiro atoms. The third-order valence-corrected chi connectivity index (χ3v) is 3.55. The number of nitrogens with one attached hydrogen (secondary N) is 1. The molecule has 2 rings (SSSR count). The van der Waals surface area contributed by atoms with E-state index in [-0.39, 0.29) is 0 Å². The molecule has 0 amide bonds. The average molecular weight is 229 g/mol. The molecule has 0 aromatic heterocycles. The van der Waals surface area contributed by atoms with E-state index in [1.54, 1.807) is 0 Å². The predicted octanol–water partition coefficient (Wildman–Crippen LogP) is 3.82. The summed E-state index contributed by atoms with van der Waals surface area (Å²) >= 11 is 0. The van der Waals surface area contributed by atoms with Crippen molar-refractivity contribution in [1.82, 2.24) is 5.32 Å². The first-order chi connectivity index (χ1) is 8.25. The zero-order chi connectivity index (χ0) is 12.1. The molecule has 1 fully saturated rings. The Morgan fingerprint density at radius 3 is 2.35 bits per heavy atom. The van der Waals surface area contributed by atoms with Crippen molar-refractivity contribution >= 4 is 6.08 Å². The second kappa shape index (κ2) is 6.02. The minimum atomic E-state index is 0.623. The van der Waals surface area contributed by atoms with E-state index in [0.29, 0.717) is 5.92 Å². The highest BCUT2D eigenvalue weighted by Crippen LogP contribution is 2.18. The summed E-state index contributed by atoms with van der Waals surface area (Å²) in [4.78, 5) is 0. The van der Waals surface area contributed by atoms with Crippen LogP contribution >= 0.6 is 0 Å². The van der Waals surface area contributed by atoms with Crippen molar-refractivity contribution in [2.24, 2.45) is 5.92 Å². The highest BCUT2D eigenvalue weighted by Gasteiger charge is 2.08. The summed E-state index contributed by atoms with van der Waals surface area (Å²) in [5.41, 5.74) is 2.75. The lowest BCUT2D eigenvalue weighted by Gasteiger charge is -2.19. The molecular formula is C16H23N. The van der Waals surface area contributed by atoms with Crippen LogP contribution in [0.2, 0.25) is 0 Å². The molecule has 92 valence electrons. The maximum Gasteiger partial charge on any atom is -0.00433 e. The molecule has 1 nitrogen and oxygen atoms in total. The Balaban J connectivity index is 1.95. The third-order valence-electron chi connectivity index (χ3n) is 3.55. The third kappa shape index (κ3) is 3.71. The SMILES string of the molecule is CC(C)c1ccc(/C=C/C2CCNCC2)cc1. The van der Waals surface area contributed by atoms with E-state index in [2.05, 4.69) is 55.6 Å². The van der Waals surface area contributed by atoms with Crippen LogP contribution in [-0.2, 0) is 0 Å². The van der Waals surface area contributed by atoms with Gasteiger partial charge in [-0.2, -0.15) is 0 Å². The van der Waals surface area contributed by atoms with Gasteiger partial charge in [0, 0.05) is 0 Å². The molecule has 1 heteroatoms. The van der Waals surface area contributed by atoms with Gasteiger partial charge in [0.1, 0.15) is 0 Å². The van der Waals surface area contributed by atoms with Gasteiger partial charge < -0.3 is 5.32 Å². The van der Waals surface area contributed by atoms with Gasteiger partial charge >= 0.3 is 0 Å². The van der Waals surface area contributed by atoms with Gasteiger partial charge in [-0.15, -0.1) is 0 Å². The van der Waals surface area contributed by atoms with Crippen molar-refractivity contribution in [3.05, 3.63) is 41.5 Å². The van der Waals surface area contributed by atoms with E-state index in [4.69, 9.17) is 0 Å². The molecule has 1 aromatic carbocycles. The molecule has 1 heterocycles. The summed E-state index contributed by atoms with van der Waals surface area (Å²) in [6.45, 7) is 6.81. The van der Waals surface area contributed by atoms with Gasteiger partial charge in [-0.3, -0.25) is 0 Å². The van der Waals surface area contributed by atoms with Crippen molar-refractivity contribution < 1.29 is 0 Å². The quantitative estimate of drug-likeness (QED) is 0.830. The highest BCUT2D eigenvalue weighted by molar-refractivity contribution is 5.50. The van der Waals surface area contributed by atoms with Gasteiger partial charge in [0.05, 0.1) is 0 Å². The van der Waals surface area contributed by atoms with Crippen molar-refractivity contribution in [2.75, 3.05) is 13.1 Å². The number of rotatable bonds is 3. The average Bonchev–Trinajstić information content (AvgIpc) is 2.38. The Morgan fingerprint density at radius 1 is 1.12 bits per heavy atom. The molecule has 0 unspecified atom stereocenters. The zero-order valence-electron chi connectivity index (χ0n) is 10.9. The maximum absolute atomic E-state index is 3.40. The zero-order valence-corrected chi connectivity index (χ0v) is 10.9. The number of hydrogen-bond acceptors (Lipinski definition) is 1. The topological polar surface area (TPSA) is 12.0 Å².